The molecule has 3 saturated heterocycles. The van der Waals surface area contributed by atoms with Crippen molar-refractivity contribution in [3.63, 3.8) is 0 Å². The third-order valence-corrected chi connectivity index (χ3v) is 21.2. The van der Waals surface area contributed by atoms with E-state index in [0.717, 1.165) is 216 Å². The number of esters is 3. The van der Waals surface area contributed by atoms with Crippen molar-refractivity contribution in [3.05, 3.63) is 207 Å². The Labute approximate surface area is 781 Å². The highest BCUT2D eigenvalue weighted by atomic mass is 35.5. The number of carbonyl (C=O) groups excluding carboxylic acids is 4. The van der Waals surface area contributed by atoms with Crippen LogP contribution in [0, 0.1) is 37.5 Å². The van der Waals surface area contributed by atoms with Crippen LogP contribution < -0.4 is 33.2 Å². The van der Waals surface area contributed by atoms with Gasteiger partial charge in [-0.25, -0.2) is 14.4 Å². The molecular formula is C103H144Cl2O25. The van der Waals surface area contributed by atoms with Crippen molar-refractivity contribution in [2.75, 3.05) is 78.6 Å². The van der Waals surface area contributed by atoms with Gasteiger partial charge in [-0.2, -0.15) is 0 Å². The Hall–Kier alpha value is -10.4. The second-order valence-corrected chi connectivity index (χ2v) is 31.9. The molecule has 720 valence electrons. The molecule has 4 heterocycles. The monoisotopic (exact) mass is 1850 g/mol. The van der Waals surface area contributed by atoms with Crippen molar-refractivity contribution in [1.29, 1.82) is 0 Å². The van der Waals surface area contributed by atoms with Crippen molar-refractivity contribution >= 4 is 60.1 Å². The fourth-order valence-electron chi connectivity index (χ4n) is 13.4. The highest BCUT2D eigenvalue weighted by molar-refractivity contribution is 6.17. The van der Waals surface area contributed by atoms with Gasteiger partial charge in [-0.05, 0) is 314 Å². The lowest BCUT2D eigenvalue weighted by atomic mass is 9.82. The van der Waals surface area contributed by atoms with Gasteiger partial charge in [-0.15, -0.1) is 24.0 Å². The lowest BCUT2D eigenvalue weighted by Crippen LogP contribution is -2.24. The van der Waals surface area contributed by atoms with E-state index < -0.39 is 11.9 Å². The maximum absolute atomic E-state index is 11.5. The van der Waals surface area contributed by atoms with Crippen LogP contribution in [0.2, 0.25) is 0 Å². The topological polar surface area (TPSA) is 333 Å². The molecular weight excluding hydrogens is 1710 g/mol. The molecule has 3 unspecified atom stereocenters. The Morgan fingerprint density at radius 2 is 0.738 bits per heavy atom. The summed E-state index contributed by atoms with van der Waals surface area (Å²) in [5.74, 6) is 4.37. The second-order valence-electron chi connectivity index (χ2n) is 31.5. The van der Waals surface area contributed by atoms with Crippen LogP contribution in [0.3, 0.4) is 0 Å². The van der Waals surface area contributed by atoms with Gasteiger partial charge < -0.3 is 91.8 Å². The first-order chi connectivity index (χ1) is 62.2. The fourth-order valence-corrected chi connectivity index (χ4v) is 13.5. The van der Waals surface area contributed by atoms with Gasteiger partial charge in [0.05, 0.1) is 96.3 Å². The highest BCUT2D eigenvalue weighted by Crippen LogP contribution is 2.34. The number of alkyl halides is 1. The van der Waals surface area contributed by atoms with E-state index in [1.54, 1.807) is 85.1 Å². The van der Waals surface area contributed by atoms with Crippen LogP contribution in [-0.2, 0) is 57.1 Å². The molecule has 12 rings (SSSR count). The van der Waals surface area contributed by atoms with E-state index in [4.69, 9.17) is 103 Å². The van der Waals surface area contributed by atoms with Gasteiger partial charge in [-0.1, -0.05) is 75.4 Å². The Bertz CT molecular complexity index is 3910. The predicted octanol–water partition coefficient (Wildman–Crippen LogP) is 23.1. The minimum absolute atomic E-state index is 0. The average Bonchev–Trinajstić information content (AvgIpc) is 0.854. The highest BCUT2D eigenvalue weighted by Gasteiger charge is 2.28. The molecule has 2 saturated carbocycles. The number of ether oxygens (including phenoxy) is 14. The molecule has 6 aromatic rings. The van der Waals surface area contributed by atoms with E-state index in [9.17, 15) is 28.8 Å². The van der Waals surface area contributed by atoms with E-state index >= 15 is 0 Å². The Kier molecular flexibility index (Phi) is 63.2. The minimum atomic E-state index is -0.719. The number of unbranched alkanes of at least 4 members (excludes halogenated alkanes) is 9. The van der Waals surface area contributed by atoms with E-state index in [2.05, 4.69) is 38.8 Å². The van der Waals surface area contributed by atoms with Crippen LogP contribution in [0.4, 0.5) is 0 Å². The normalized spacial score (nSPS) is 17.9. The molecule has 0 aromatic heterocycles. The van der Waals surface area contributed by atoms with Gasteiger partial charge in [0.1, 0.15) is 57.5 Å². The number of aryl methyl sites for hydroxylation is 2. The summed E-state index contributed by atoms with van der Waals surface area (Å²) in [5.41, 5.74) is 2.85. The van der Waals surface area contributed by atoms with Crippen molar-refractivity contribution in [1.82, 2.24) is 0 Å². The van der Waals surface area contributed by atoms with E-state index in [0.29, 0.717) is 112 Å². The van der Waals surface area contributed by atoms with Crippen LogP contribution in [0.1, 0.15) is 228 Å². The molecule has 27 heteroatoms. The van der Waals surface area contributed by atoms with Gasteiger partial charge in [0.15, 0.2) is 25.2 Å². The molecule has 0 bridgehead atoms. The number of rotatable bonds is 40. The number of benzene rings is 6. The van der Waals surface area contributed by atoms with E-state index in [-0.39, 0.29) is 79.9 Å². The zero-order valence-corrected chi connectivity index (χ0v) is 77.1. The number of hydrogen-bond acceptors (Lipinski definition) is 23. The van der Waals surface area contributed by atoms with Gasteiger partial charge in [0, 0.05) is 43.4 Å². The number of carboxylic acid groups (broad SMARTS) is 2. The number of aliphatic carboxylic acids is 2. The summed E-state index contributed by atoms with van der Waals surface area (Å²) < 4.78 is 76.0. The number of hydrogen-bond donors (Lipinski definition) is 5. The van der Waals surface area contributed by atoms with Gasteiger partial charge in [0.2, 0.25) is 0 Å². The lowest BCUT2D eigenvalue weighted by molar-refractivity contribution is -0.144. The number of aldehydes is 1. The number of halogens is 2. The zero-order chi connectivity index (χ0) is 92.2. The summed E-state index contributed by atoms with van der Waals surface area (Å²) in [6, 6.07) is 41.5. The number of carbonyl (C=O) groups is 6. The smallest absolute Gasteiger partial charge is 0.330 e. The third kappa shape index (κ3) is 54.9. The molecule has 6 aromatic carbocycles. The number of carboxylic acids is 2. The van der Waals surface area contributed by atoms with E-state index in [1.807, 2.05) is 61.5 Å². The van der Waals surface area contributed by atoms with Crippen molar-refractivity contribution in [3.8, 4) is 57.5 Å². The molecule has 0 spiro atoms. The lowest BCUT2D eigenvalue weighted by Gasteiger charge is -2.26. The van der Waals surface area contributed by atoms with Gasteiger partial charge in [-0.3, -0.25) is 14.4 Å². The number of phenolic OH excluding ortho intramolecular Hbond substituents is 3. The quantitative estimate of drug-likeness (QED) is 0.00596. The number of allylic oxidation sites excluding steroid dienone is 1. The zero-order valence-electron chi connectivity index (χ0n) is 75.5. The maximum Gasteiger partial charge on any atom is 0.330 e. The molecule has 130 heavy (non-hydrogen) atoms. The molecule has 6 aliphatic rings. The van der Waals surface area contributed by atoms with Gasteiger partial charge >= 0.3 is 29.8 Å². The maximum atomic E-state index is 11.5. The summed E-state index contributed by atoms with van der Waals surface area (Å²) in [5, 5.41) is 45.1. The standard InChI is InChI=1S/C23H30O7.C20H28O5.C15H20O4.C12H16O2.C11H14O3.C9H15ClO2.C7H8O.C5H8O.CH4.ClH/c24-12-19-11-20(29-13-15-1-5-17(6-2-15)22(25)26)9-10-21(19)30-14-16-3-7-18(8-4-16)23(27)28;1-2-19(21)23-15-7-4-3-6-14-22-17-10-12-18(13-11-17)25-20-9-5-8-16-24-20;1-2-15(17)19-12-6-4-3-5-11-18-14-9-7-13(16)8-10-14;1-10-5-7-11(8-6-10)14-12-4-2-3-9-13-12;12-9-4-6-10(7-5-9)14-11-3-1-2-8-13-11;1-2-9(11)12-8-6-4-3-5-7-10;1-6-2-4-7(8)5-3-6;1-2-4-6-5-3-1;;/h9-12,15-18H,1-8,13-14H2,(H,25,26)(H,27,28);2,10-13,20H,1,3-9,14-16H2;2,7-10,16H,1,3-6,11-12H2;5-8,12H,2-4,9H2,1H3;4-7,11-12H,1-3,8H2;2H,1,3-8H2;2-5,8H,1H3;2,4H,1,3,5H2;1H4;1H. The summed E-state index contributed by atoms with van der Waals surface area (Å²) in [4.78, 5) is 65.7. The molecule has 5 N–H and O–H groups in total. The van der Waals surface area contributed by atoms with Crippen LogP contribution in [0.15, 0.2) is 190 Å². The Morgan fingerprint density at radius 1 is 0.400 bits per heavy atom. The molecule has 2 aliphatic carbocycles. The van der Waals surface area contributed by atoms with E-state index in [1.165, 1.54) is 48.6 Å². The SMILES string of the molecule is C.C1=COCCC1.C=CC(=O)OCCCCCCCl.C=CC(=O)OCCCCCCOc1ccc(O)cc1.C=CC(=O)OCCCCCCOc1ccc(OC2CCCCO2)cc1.Cc1ccc(O)cc1.Cc1ccc(OC2CCCCO2)cc1.Cl.O=Cc1cc(OCC2CCC(C(=O)O)CC2)ccc1OCC1CCC(C(=O)O)CC1.Oc1ccc(OC2CCCCO2)cc1. The minimum Gasteiger partial charge on any atom is -0.508 e. The molecule has 0 radical (unpaired) electrons. The predicted molar refractivity (Wildman–Crippen MR) is 507 cm³/mol. The van der Waals surface area contributed by atoms with Gasteiger partial charge in [0.25, 0.3) is 0 Å². The molecule has 25 nitrogen and oxygen atoms in total. The molecule has 4 aliphatic heterocycles. The Balaban J connectivity index is 0.000000398. The Morgan fingerprint density at radius 3 is 1.06 bits per heavy atom. The van der Waals surface area contributed by atoms with Crippen LogP contribution in [0.5, 0.6) is 57.5 Å². The summed E-state index contributed by atoms with van der Waals surface area (Å²) in [7, 11) is 0. The summed E-state index contributed by atoms with van der Waals surface area (Å²) in [6.45, 7) is 21.1. The van der Waals surface area contributed by atoms with Crippen LogP contribution >= 0.6 is 24.0 Å². The van der Waals surface area contributed by atoms with Crippen molar-refractivity contribution < 1.29 is 121 Å². The number of aromatic hydroxyl groups is 3. The first kappa shape index (κ1) is 114. The average molecular weight is 1850 g/mol. The van der Waals surface area contributed by atoms with Crippen LogP contribution in [0.25, 0.3) is 0 Å². The van der Waals surface area contributed by atoms with Crippen molar-refractivity contribution in [2.45, 2.75) is 239 Å². The third-order valence-electron chi connectivity index (χ3n) is 20.9. The molecule has 0 amide bonds. The number of phenols is 3. The second kappa shape index (κ2) is 72.3. The first-order valence-electron chi connectivity index (χ1n) is 45.4. The molecule has 3 atom stereocenters. The largest absolute Gasteiger partial charge is 0.508 e. The fraction of sp³-hybridized carbons (Fsp3) is 0.515. The van der Waals surface area contributed by atoms with Crippen molar-refractivity contribution in [2.24, 2.45) is 23.7 Å². The van der Waals surface area contributed by atoms with Crippen LogP contribution in [-0.4, -0.2) is 159 Å². The first-order valence-corrected chi connectivity index (χ1v) is 45.9. The summed E-state index contributed by atoms with van der Waals surface area (Å²) in [6.07, 6.45) is 37.9. The summed E-state index contributed by atoms with van der Waals surface area (Å²) >= 11 is 5.49. The molecule has 5 fully saturated rings.